The summed E-state index contributed by atoms with van der Waals surface area (Å²) in [5.74, 6) is -0.753. The van der Waals surface area contributed by atoms with Crippen molar-refractivity contribution in [3.05, 3.63) is 23.6 Å². The molecule has 1 aliphatic carbocycles. The van der Waals surface area contributed by atoms with Gasteiger partial charge >= 0.3 is 0 Å². The van der Waals surface area contributed by atoms with Crippen molar-refractivity contribution in [1.82, 2.24) is 9.88 Å². The highest BCUT2D eigenvalue weighted by Crippen LogP contribution is 2.27. The van der Waals surface area contributed by atoms with Crippen LogP contribution in [0.3, 0.4) is 0 Å². The maximum absolute atomic E-state index is 13.8. The first-order valence-corrected chi connectivity index (χ1v) is 5.24. The number of pyridine rings is 1. The largest absolute Gasteiger partial charge is 0.371 e. The van der Waals surface area contributed by atoms with Gasteiger partial charge in [-0.3, -0.25) is 4.79 Å². The van der Waals surface area contributed by atoms with Crippen molar-refractivity contribution >= 4 is 11.7 Å². The summed E-state index contributed by atoms with van der Waals surface area (Å²) in [6.45, 7) is 0. The molecule has 1 N–H and O–H groups in total. The van der Waals surface area contributed by atoms with Crippen molar-refractivity contribution in [3.63, 3.8) is 0 Å². The van der Waals surface area contributed by atoms with Gasteiger partial charge in [0, 0.05) is 26.3 Å². The number of halogens is 1. The van der Waals surface area contributed by atoms with E-state index in [9.17, 15) is 9.18 Å². The summed E-state index contributed by atoms with van der Waals surface area (Å²) in [5, 5.41) is 2.62. The van der Waals surface area contributed by atoms with Gasteiger partial charge < -0.3 is 10.2 Å². The summed E-state index contributed by atoms with van der Waals surface area (Å²) < 4.78 is 13.8. The van der Waals surface area contributed by atoms with Gasteiger partial charge in [0.2, 0.25) is 0 Å². The Hall–Kier alpha value is -1.65. The number of hydrogen-bond donors (Lipinski definition) is 1. The standard InChI is InChI=1S/C11H14FN3O/c1-13-10-9(12)8(5-6-14-10)11(16)15(2)7-3-4-7/h5-7H,3-4H2,1-2H3,(H,13,14). The number of hydrogen-bond acceptors (Lipinski definition) is 3. The lowest BCUT2D eigenvalue weighted by molar-refractivity contribution is 0.0780. The van der Waals surface area contributed by atoms with Crippen molar-refractivity contribution in [2.75, 3.05) is 19.4 Å². The van der Waals surface area contributed by atoms with Crippen LogP contribution in [0, 0.1) is 5.82 Å². The lowest BCUT2D eigenvalue weighted by atomic mass is 10.2. The number of carbonyl (C=O) groups is 1. The topological polar surface area (TPSA) is 45.2 Å². The van der Waals surface area contributed by atoms with Gasteiger partial charge in [0.15, 0.2) is 11.6 Å². The first-order chi connectivity index (χ1) is 7.65. The fourth-order valence-electron chi connectivity index (χ4n) is 1.60. The lowest BCUT2D eigenvalue weighted by Crippen LogP contribution is -2.29. The molecule has 5 heteroatoms. The van der Waals surface area contributed by atoms with Crippen LogP contribution in [0.1, 0.15) is 23.2 Å². The van der Waals surface area contributed by atoms with E-state index >= 15 is 0 Å². The lowest BCUT2D eigenvalue weighted by Gasteiger charge is -2.17. The van der Waals surface area contributed by atoms with E-state index in [4.69, 9.17) is 0 Å². The van der Waals surface area contributed by atoms with E-state index < -0.39 is 5.82 Å². The highest BCUT2D eigenvalue weighted by Gasteiger charge is 2.31. The molecule has 0 spiro atoms. The number of carbonyl (C=O) groups excluding carboxylic acids is 1. The Labute approximate surface area is 93.5 Å². The predicted molar refractivity (Wildman–Crippen MR) is 58.9 cm³/mol. The minimum Gasteiger partial charge on any atom is -0.371 e. The number of aromatic nitrogens is 1. The van der Waals surface area contributed by atoms with Crippen LogP contribution in [0.4, 0.5) is 10.2 Å². The molecule has 1 saturated carbocycles. The molecule has 0 unspecified atom stereocenters. The van der Waals surface area contributed by atoms with Gasteiger partial charge in [-0.25, -0.2) is 9.37 Å². The molecule has 0 radical (unpaired) electrons. The van der Waals surface area contributed by atoms with E-state index in [2.05, 4.69) is 10.3 Å². The minimum atomic E-state index is -0.581. The third-order valence-corrected chi connectivity index (χ3v) is 2.77. The van der Waals surface area contributed by atoms with Crippen LogP contribution in [0.25, 0.3) is 0 Å². The molecule has 16 heavy (non-hydrogen) atoms. The smallest absolute Gasteiger partial charge is 0.257 e. The number of amides is 1. The number of nitrogens with one attached hydrogen (secondary N) is 1. The van der Waals surface area contributed by atoms with Gasteiger partial charge in [0.05, 0.1) is 5.56 Å². The molecule has 1 aromatic heterocycles. The molecule has 0 aliphatic heterocycles. The fraction of sp³-hybridized carbons (Fsp3) is 0.455. The SMILES string of the molecule is CNc1nccc(C(=O)N(C)C2CC2)c1F. The Kier molecular flexibility index (Phi) is 2.77. The molecule has 1 fully saturated rings. The molecule has 0 atom stereocenters. The second kappa shape index (κ2) is 4.08. The molecule has 86 valence electrons. The summed E-state index contributed by atoms with van der Waals surface area (Å²) in [6, 6.07) is 1.69. The van der Waals surface area contributed by atoms with Crippen LogP contribution < -0.4 is 5.32 Å². The van der Waals surface area contributed by atoms with Gasteiger partial charge in [0.1, 0.15) is 0 Å². The maximum atomic E-state index is 13.8. The van der Waals surface area contributed by atoms with Crippen LogP contribution in [0.15, 0.2) is 12.3 Å². The Balaban J connectivity index is 2.28. The molecule has 1 heterocycles. The number of nitrogens with zero attached hydrogens (tertiary/aromatic N) is 2. The van der Waals surface area contributed by atoms with E-state index in [0.29, 0.717) is 0 Å². The zero-order valence-corrected chi connectivity index (χ0v) is 9.33. The third-order valence-electron chi connectivity index (χ3n) is 2.77. The van der Waals surface area contributed by atoms with E-state index in [1.807, 2.05) is 0 Å². The second-order valence-corrected chi connectivity index (χ2v) is 3.92. The summed E-state index contributed by atoms with van der Waals surface area (Å²) in [5.41, 5.74) is 0.0775. The molecule has 1 aliphatic rings. The Morgan fingerprint density at radius 1 is 1.62 bits per heavy atom. The van der Waals surface area contributed by atoms with Crippen molar-refractivity contribution in [2.24, 2.45) is 0 Å². The summed E-state index contributed by atoms with van der Waals surface area (Å²) in [6.07, 6.45) is 3.45. The quantitative estimate of drug-likeness (QED) is 0.844. The minimum absolute atomic E-state index is 0.0775. The first-order valence-electron chi connectivity index (χ1n) is 5.24. The van der Waals surface area contributed by atoms with Crippen molar-refractivity contribution in [2.45, 2.75) is 18.9 Å². The Bertz CT molecular complexity index is 418. The van der Waals surface area contributed by atoms with E-state index in [-0.39, 0.29) is 23.3 Å². The molecular formula is C11H14FN3O. The van der Waals surface area contributed by atoms with Gasteiger partial charge in [-0.2, -0.15) is 0 Å². The molecule has 4 nitrogen and oxygen atoms in total. The number of rotatable bonds is 3. The Morgan fingerprint density at radius 3 is 2.88 bits per heavy atom. The molecule has 1 amide bonds. The average molecular weight is 223 g/mol. The molecule has 0 aromatic carbocycles. The molecule has 0 saturated heterocycles. The van der Waals surface area contributed by atoms with Crippen molar-refractivity contribution in [1.29, 1.82) is 0 Å². The number of anilines is 1. The van der Waals surface area contributed by atoms with Crippen LogP contribution in [-0.4, -0.2) is 35.9 Å². The highest BCUT2D eigenvalue weighted by molar-refractivity contribution is 5.95. The van der Waals surface area contributed by atoms with Crippen molar-refractivity contribution < 1.29 is 9.18 Å². The van der Waals surface area contributed by atoms with Gasteiger partial charge in [-0.1, -0.05) is 0 Å². The van der Waals surface area contributed by atoms with Gasteiger partial charge in [-0.15, -0.1) is 0 Å². The maximum Gasteiger partial charge on any atom is 0.257 e. The van der Waals surface area contributed by atoms with Crippen LogP contribution >= 0.6 is 0 Å². The van der Waals surface area contributed by atoms with E-state index in [0.717, 1.165) is 12.8 Å². The average Bonchev–Trinajstić information content (AvgIpc) is 3.11. The molecular weight excluding hydrogens is 209 g/mol. The van der Waals surface area contributed by atoms with E-state index in [1.165, 1.54) is 12.3 Å². The summed E-state index contributed by atoms with van der Waals surface area (Å²) in [4.78, 5) is 17.3. The highest BCUT2D eigenvalue weighted by atomic mass is 19.1. The second-order valence-electron chi connectivity index (χ2n) is 3.92. The zero-order valence-electron chi connectivity index (χ0n) is 9.33. The summed E-state index contributed by atoms with van der Waals surface area (Å²) in [7, 11) is 3.28. The first kappa shape index (κ1) is 10.9. The van der Waals surface area contributed by atoms with Crippen LogP contribution in [0.2, 0.25) is 0 Å². The normalized spacial score (nSPS) is 14.7. The van der Waals surface area contributed by atoms with Gasteiger partial charge in [-0.05, 0) is 18.9 Å². The van der Waals surface area contributed by atoms with Gasteiger partial charge in [0.25, 0.3) is 5.91 Å². The van der Waals surface area contributed by atoms with Crippen molar-refractivity contribution in [3.8, 4) is 0 Å². The van der Waals surface area contributed by atoms with Crippen LogP contribution in [-0.2, 0) is 0 Å². The molecule has 2 rings (SSSR count). The van der Waals surface area contributed by atoms with Crippen LogP contribution in [0.5, 0.6) is 0 Å². The monoisotopic (exact) mass is 223 g/mol. The van der Waals surface area contributed by atoms with E-state index in [1.54, 1.807) is 19.0 Å². The fourth-order valence-corrected chi connectivity index (χ4v) is 1.60. The predicted octanol–water partition coefficient (Wildman–Crippen LogP) is 1.50. The molecule has 0 bridgehead atoms. The Morgan fingerprint density at radius 2 is 2.31 bits per heavy atom. The summed E-state index contributed by atoms with van der Waals surface area (Å²) >= 11 is 0. The zero-order chi connectivity index (χ0) is 11.7. The molecule has 1 aromatic rings. The third kappa shape index (κ3) is 1.85.